The Morgan fingerprint density at radius 1 is 0.286 bits per heavy atom. The number of pyridine rings is 1. The average Bonchev–Trinajstić information content (AvgIpc) is 3.29. The van der Waals surface area contributed by atoms with Gasteiger partial charge in [-0.3, -0.25) is 4.98 Å². The second-order valence-corrected chi connectivity index (χ2v) is 13.7. The van der Waals surface area contributed by atoms with Crippen molar-refractivity contribution in [1.29, 1.82) is 0 Å². The molecule has 0 saturated carbocycles. The second-order valence-electron chi connectivity index (χ2n) is 13.7. The number of rotatable bonds is 7. The van der Waals surface area contributed by atoms with Crippen LogP contribution in [0.4, 0.5) is 0 Å². The highest BCUT2D eigenvalue weighted by molar-refractivity contribution is 6.10. The summed E-state index contributed by atoms with van der Waals surface area (Å²) in [6, 6.07) is 66.9. The Labute approximate surface area is 324 Å². The van der Waals surface area contributed by atoms with Gasteiger partial charge in [0.2, 0.25) is 0 Å². The fourth-order valence-corrected chi connectivity index (χ4v) is 7.30. The Morgan fingerprint density at radius 3 is 1.59 bits per heavy atom. The zero-order valence-corrected chi connectivity index (χ0v) is 30.3. The third kappa shape index (κ3) is 6.37. The van der Waals surface area contributed by atoms with E-state index in [-0.39, 0.29) is 0 Å². The first-order chi connectivity index (χ1) is 27.7. The molecule has 56 heavy (non-hydrogen) atoms. The molecular weight excluding hydrogens is 683 g/mol. The highest BCUT2D eigenvalue weighted by atomic mass is 14.9. The third-order valence-corrected chi connectivity index (χ3v) is 10.2. The molecule has 0 amide bonds. The van der Waals surface area contributed by atoms with E-state index in [1.165, 1.54) is 5.56 Å². The lowest BCUT2D eigenvalue weighted by molar-refractivity contribution is 1.15. The molecule has 3 heterocycles. The van der Waals surface area contributed by atoms with E-state index < -0.39 is 0 Å². The number of hydrogen-bond acceptors (Lipinski definition) is 5. The quantitative estimate of drug-likeness (QED) is 0.154. The van der Waals surface area contributed by atoms with Crippen LogP contribution in [0.2, 0.25) is 0 Å². The predicted octanol–water partition coefficient (Wildman–Crippen LogP) is 12.6. The molecule has 0 saturated heterocycles. The smallest absolute Gasteiger partial charge is 0.179 e. The summed E-state index contributed by atoms with van der Waals surface area (Å²) in [5.74, 6) is 1.28. The van der Waals surface area contributed by atoms with E-state index >= 15 is 0 Å². The molecule has 5 heteroatoms. The first-order valence-corrected chi connectivity index (χ1v) is 18.7. The fraction of sp³-hybridized carbons (Fsp3) is 0. The minimum atomic E-state index is 0.580. The van der Waals surface area contributed by atoms with Gasteiger partial charge in [-0.25, -0.2) is 19.9 Å². The van der Waals surface area contributed by atoms with Gasteiger partial charge in [0.1, 0.15) is 5.69 Å². The molecule has 0 radical (unpaired) electrons. The van der Waals surface area contributed by atoms with Crippen molar-refractivity contribution in [3.8, 4) is 78.9 Å². The van der Waals surface area contributed by atoms with E-state index in [0.29, 0.717) is 11.6 Å². The van der Waals surface area contributed by atoms with Gasteiger partial charge in [-0.2, -0.15) is 0 Å². The molecule has 0 N–H and O–H groups in total. The first kappa shape index (κ1) is 33.0. The molecular formula is C51H33N5. The standard InChI is InChI=1S/C51H33N5/c1-4-13-34(14-5-1)35-22-25-37(26-23-35)46-33-47(54-51(53-46)45-21-10-11-30-52-45)42-20-12-19-40(31-42)41-27-24-36-28-29-43-48(38-15-6-2-7-16-38)55-50(39-17-8-3-9-18-39)56-49(43)44(36)32-41/h1-33H. The largest absolute Gasteiger partial charge is 0.253 e. The Hall–Kier alpha value is -7.63. The van der Waals surface area contributed by atoms with E-state index in [2.05, 4.69) is 151 Å². The van der Waals surface area contributed by atoms with E-state index in [1.54, 1.807) is 6.20 Å². The predicted molar refractivity (Wildman–Crippen MR) is 228 cm³/mol. The number of nitrogens with zero attached hydrogens (tertiary/aromatic N) is 5. The number of aromatic nitrogens is 5. The van der Waals surface area contributed by atoms with Gasteiger partial charge in [-0.1, -0.05) is 158 Å². The van der Waals surface area contributed by atoms with Crippen molar-refractivity contribution in [2.75, 3.05) is 0 Å². The van der Waals surface area contributed by atoms with Crippen molar-refractivity contribution in [2.45, 2.75) is 0 Å². The summed E-state index contributed by atoms with van der Waals surface area (Å²) in [5.41, 5.74) is 12.8. The van der Waals surface area contributed by atoms with Crippen LogP contribution in [0.25, 0.3) is 101 Å². The molecule has 0 bridgehead atoms. The van der Waals surface area contributed by atoms with Crippen molar-refractivity contribution in [2.24, 2.45) is 0 Å². The molecule has 0 spiro atoms. The molecule has 0 aliphatic carbocycles. The van der Waals surface area contributed by atoms with Gasteiger partial charge in [-0.15, -0.1) is 0 Å². The van der Waals surface area contributed by atoms with Crippen molar-refractivity contribution in [3.05, 3.63) is 200 Å². The van der Waals surface area contributed by atoms with Gasteiger partial charge in [0.25, 0.3) is 0 Å². The van der Waals surface area contributed by atoms with Crippen LogP contribution in [0, 0.1) is 0 Å². The summed E-state index contributed by atoms with van der Waals surface area (Å²) >= 11 is 0. The van der Waals surface area contributed by atoms with Gasteiger partial charge in [0.05, 0.1) is 22.6 Å². The normalized spacial score (nSPS) is 11.2. The summed E-state index contributed by atoms with van der Waals surface area (Å²) in [6.07, 6.45) is 1.78. The van der Waals surface area contributed by atoms with Crippen LogP contribution in [0.3, 0.4) is 0 Å². The van der Waals surface area contributed by atoms with Crippen molar-refractivity contribution >= 4 is 21.7 Å². The molecule has 10 rings (SSSR count). The van der Waals surface area contributed by atoms with Gasteiger partial charge < -0.3 is 0 Å². The lowest BCUT2D eigenvalue weighted by Gasteiger charge is -2.13. The van der Waals surface area contributed by atoms with E-state index in [9.17, 15) is 0 Å². The number of hydrogen-bond donors (Lipinski definition) is 0. The summed E-state index contributed by atoms with van der Waals surface area (Å²) < 4.78 is 0. The third-order valence-electron chi connectivity index (χ3n) is 10.2. The molecule has 7 aromatic carbocycles. The average molecular weight is 716 g/mol. The van der Waals surface area contributed by atoms with Gasteiger partial charge in [-0.05, 0) is 64.0 Å². The molecule has 10 aromatic rings. The Kier molecular flexibility index (Phi) is 8.43. The van der Waals surface area contributed by atoms with E-state index in [4.69, 9.17) is 19.9 Å². The Balaban J connectivity index is 1.09. The number of benzene rings is 7. The minimum Gasteiger partial charge on any atom is -0.253 e. The van der Waals surface area contributed by atoms with Gasteiger partial charge >= 0.3 is 0 Å². The summed E-state index contributed by atoms with van der Waals surface area (Å²) in [6.45, 7) is 0. The number of fused-ring (bicyclic) bond motifs is 3. The lowest BCUT2D eigenvalue weighted by atomic mass is 9.96. The Morgan fingerprint density at radius 2 is 0.857 bits per heavy atom. The van der Waals surface area contributed by atoms with Gasteiger partial charge in [0, 0.05) is 39.2 Å². The van der Waals surface area contributed by atoms with E-state index in [0.717, 1.165) is 83.4 Å². The van der Waals surface area contributed by atoms with Crippen LogP contribution in [-0.2, 0) is 0 Å². The first-order valence-electron chi connectivity index (χ1n) is 18.7. The topological polar surface area (TPSA) is 64.5 Å². The van der Waals surface area contributed by atoms with Crippen LogP contribution in [0.1, 0.15) is 0 Å². The molecule has 262 valence electrons. The van der Waals surface area contributed by atoms with Crippen molar-refractivity contribution in [1.82, 2.24) is 24.9 Å². The second kappa shape index (κ2) is 14.3. The summed E-state index contributed by atoms with van der Waals surface area (Å²) in [7, 11) is 0. The highest BCUT2D eigenvalue weighted by Gasteiger charge is 2.16. The zero-order chi connectivity index (χ0) is 37.3. The molecule has 0 aliphatic heterocycles. The molecule has 0 unspecified atom stereocenters. The summed E-state index contributed by atoms with van der Waals surface area (Å²) in [5, 5.41) is 3.21. The molecule has 0 fully saturated rings. The molecule has 0 atom stereocenters. The highest BCUT2D eigenvalue weighted by Crippen LogP contribution is 2.36. The maximum absolute atomic E-state index is 5.23. The summed E-state index contributed by atoms with van der Waals surface area (Å²) in [4.78, 5) is 25.0. The van der Waals surface area contributed by atoms with Crippen LogP contribution in [0.5, 0.6) is 0 Å². The monoisotopic (exact) mass is 715 g/mol. The lowest BCUT2D eigenvalue weighted by Crippen LogP contribution is -1.97. The van der Waals surface area contributed by atoms with Crippen LogP contribution < -0.4 is 0 Å². The molecule has 5 nitrogen and oxygen atoms in total. The zero-order valence-electron chi connectivity index (χ0n) is 30.3. The minimum absolute atomic E-state index is 0.580. The maximum Gasteiger partial charge on any atom is 0.179 e. The van der Waals surface area contributed by atoms with Crippen LogP contribution in [0.15, 0.2) is 200 Å². The van der Waals surface area contributed by atoms with E-state index in [1.807, 2.05) is 48.5 Å². The van der Waals surface area contributed by atoms with Gasteiger partial charge in [0.15, 0.2) is 11.6 Å². The molecule has 3 aromatic heterocycles. The van der Waals surface area contributed by atoms with Crippen molar-refractivity contribution in [3.63, 3.8) is 0 Å². The SMILES string of the molecule is c1ccc(-c2ccc(-c3cc(-c4cccc(-c5ccc6ccc7c(-c8ccccc8)nc(-c8ccccc8)nc7c6c5)c4)nc(-c4ccccn4)n3)cc2)cc1. The van der Waals surface area contributed by atoms with Crippen LogP contribution >= 0.6 is 0 Å². The van der Waals surface area contributed by atoms with Crippen molar-refractivity contribution < 1.29 is 0 Å². The van der Waals surface area contributed by atoms with Crippen LogP contribution in [-0.4, -0.2) is 24.9 Å². The maximum atomic E-state index is 5.23. The molecule has 0 aliphatic rings. The fourth-order valence-electron chi connectivity index (χ4n) is 7.30. The Bertz CT molecular complexity index is 2990.